The van der Waals surface area contributed by atoms with Gasteiger partial charge in [-0.25, -0.2) is 4.68 Å². The highest BCUT2D eigenvalue weighted by Gasteiger charge is 2.17. The quantitative estimate of drug-likeness (QED) is 0.591. The second-order valence-corrected chi connectivity index (χ2v) is 5.68. The molecule has 0 bridgehead atoms. The smallest absolute Gasteiger partial charge is 0.275 e. The highest BCUT2D eigenvalue weighted by Crippen LogP contribution is 2.15. The second kappa shape index (κ2) is 7.08. The van der Waals surface area contributed by atoms with Crippen LogP contribution in [0.2, 0.25) is 0 Å². The predicted octanol–water partition coefficient (Wildman–Crippen LogP) is 0.233. The Morgan fingerprint density at radius 1 is 0.926 bits per heavy atom. The number of hydrogen-bond donors (Lipinski definition) is 3. The number of nitrogens with zero attached hydrogens (tertiary/aromatic N) is 2. The molecular formula is C18H15N5O4. The Kier molecular flexibility index (Phi) is 4.67. The molecule has 9 nitrogen and oxygen atoms in total. The topological polar surface area (TPSA) is 150 Å². The molecule has 5 N–H and O–H groups in total. The Labute approximate surface area is 152 Å². The Balaban J connectivity index is 1.97. The molecule has 0 radical (unpaired) electrons. The highest BCUT2D eigenvalue weighted by atomic mass is 16.2. The minimum Gasteiger partial charge on any atom is -0.366 e. The van der Waals surface area contributed by atoms with Crippen molar-refractivity contribution >= 4 is 34.2 Å². The standard InChI is InChI=1S/C18H15N5O4/c19-16(25)12-7-3-4-8-13(12)21-14(24)9-23-18(27)11-6-2-1-5-10(11)15(22-23)17(20)26/h1-8H,9H2,(H2,19,25)(H2,20,26)(H,21,24). The third kappa shape index (κ3) is 3.52. The first-order valence-corrected chi connectivity index (χ1v) is 7.87. The van der Waals surface area contributed by atoms with Gasteiger partial charge in [0.25, 0.3) is 17.4 Å². The molecular weight excluding hydrogens is 350 g/mol. The van der Waals surface area contributed by atoms with Crippen LogP contribution in [0.3, 0.4) is 0 Å². The molecule has 0 aliphatic carbocycles. The van der Waals surface area contributed by atoms with Crippen LogP contribution in [-0.2, 0) is 11.3 Å². The van der Waals surface area contributed by atoms with E-state index in [-0.39, 0.29) is 22.3 Å². The number of nitrogens with two attached hydrogens (primary N) is 2. The number of nitrogens with one attached hydrogen (secondary N) is 1. The van der Waals surface area contributed by atoms with Crippen molar-refractivity contribution in [3.05, 3.63) is 70.1 Å². The van der Waals surface area contributed by atoms with Crippen LogP contribution in [0, 0.1) is 0 Å². The average molecular weight is 365 g/mol. The number of primary amides is 2. The van der Waals surface area contributed by atoms with E-state index < -0.39 is 29.8 Å². The number of hydrogen-bond acceptors (Lipinski definition) is 5. The molecule has 2 aromatic carbocycles. The number of para-hydroxylation sites is 1. The van der Waals surface area contributed by atoms with Gasteiger partial charge < -0.3 is 16.8 Å². The van der Waals surface area contributed by atoms with Crippen molar-refractivity contribution in [3.63, 3.8) is 0 Å². The van der Waals surface area contributed by atoms with Crippen LogP contribution in [0.15, 0.2) is 53.3 Å². The van der Waals surface area contributed by atoms with Gasteiger partial charge in [0.1, 0.15) is 6.54 Å². The van der Waals surface area contributed by atoms with E-state index in [1.54, 1.807) is 30.3 Å². The van der Waals surface area contributed by atoms with Gasteiger partial charge in [0.05, 0.1) is 16.6 Å². The molecule has 0 saturated heterocycles. The summed E-state index contributed by atoms with van der Waals surface area (Å²) in [5, 5.41) is 6.95. The number of amides is 3. The fourth-order valence-electron chi connectivity index (χ4n) is 2.66. The molecule has 0 fully saturated rings. The predicted molar refractivity (Wildman–Crippen MR) is 98.1 cm³/mol. The second-order valence-electron chi connectivity index (χ2n) is 5.68. The number of fused-ring (bicyclic) bond motifs is 1. The molecule has 0 spiro atoms. The maximum Gasteiger partial charge on any atom is 0.275 e. The molecule has 3 aromatic rings. The van der Waals surface area contributed by atoms with Crippen LogP contribution in [0.5, 0.6) is 0 Å². The van der Waals surface area contributed by atoms with Crippen molar-refractivity contribution in [1.82, 2.24) is 9.78 Å². The lowest BCUT2D eigenvalue weighted by atomic mass is 10.1. The van der Waals surface area contributed by atoms with Gasteiger partial charge >= 0.3 is 0 Å². The summed E-state index contributed by atoms with van der Waals surface area (Å²) in [4.78, 5) is 48.0. The minimum atomic E-state index is -0.820. The summed E-state index contributed by atoms with van der Waals surface area (Å²) in [7, 11) is 0. The SMILES string of the molecule is NC(=O)c1ccccc1NC(=O)Cn1nc(C(N)=O)c2ccccc2c1=O. The Bertz CT molecular complexity index is 1140. The number of aromatic nitrogens is 2. The molecule has 9 heteroatoms. The van der Waals surface area contributed by atoms with E-state index in [0.717, 1.165) is 4.68 Å². The van der Waals surface area contributed by atoms with Crippen molar-refractivity contribution < 1.29 is 14.4 Å². The fourth-order valence-corrected chi connectivity index (χ4v) is 2.66. The Hall–Kier alpha value is -4.01. The maximum atomic E-state index is 12.6. The average Bonchev–Trinajstić information content (AvgIpc) is 2.64. The third-order valence-corrected chi connectivity index (χ3v) is 3.86. The third-order valence-electron chi connectivity index (χ3n) is 3.86. The summed E-state index contributed by atoms with van der Waals surface area (Å²) < 4.78 is 0.852. The van der Waals surface area contributed by atoms with E-state index >= 15 is 0 Å². The first kappa shape index (κ1) is 17.8. The van der Waals surface area contributed by atoms with Crippen LogP contribution >= 0.6 is 0 Å². The summed E-state index contributed by atoms with van der Waals surface area (Å²) in [6.07, 6.45) is 0. The molecule has 3 rings (SSSR count). The van der Waals surface area contributed by atoms with Crippen LogP contribution in [-0.4, -0.2) is 27.5 Å². The van der Waals surface area contributed by atoms with Gasteiger partial charge in [-0.2, -0.15) is 5.10 Å². The van der Waals surface area contributed by atoms with Gasteiger partial charge in [-0.15, -0.1) is 0 Å². The van der Waals surface area contributed by atoms with E-state index in [0.29, 0.717) is 5.39 Å². The number of benzene rings is 2. The zero-order chi connectivity index (χ0) is 19.6. The summed E-state index contributed by atoms with van der Waals surface area (Å²) in [6.45, 7) is -0.475. The summed E-state index contributed by atoms with van der Waals surface area (Å²) in [6, 6.07) is 12.5. The monoisotopic (exact) mass is 365 g/mol. The maximum absolute atomic E-state index is 12.6. The lowest BCUT2D eigenvalue weighted by Crippen LogP contribution is -2.32. The first-order chi connectivity index (χ1) is 12.9. The van der Waals surface area contributed by atoms with Gasteiger partial charge in [0, 0.05) is 5.39 Å². The van der Waals surface area contributed by atoms with Crippen molar-refractivity contribution in [2.75, 3.05) is 5.32 Å². The van der Waals surface area contributed by atoms with E-state index in [1.807, 2.05) is 0 Å². The Morgan fingerprint density at radius 2 is 1.56 bits per heavy atom. The number of carbonyl (C=O) groups excluding carboxylic acids is 3. The lowest BCUT2D eigenvalue weighted by Gasteiger charge is -2.11. The number of anilines is 1. The summed E-state index contributed by atoms with van der Waals surface area (Å²) in [5.41, 5.74) is 10.3. The molecule has 0 atom stereocenters. The first-order valence-electron chi connectivity index (χ1n) is 7.87. The van der Waals surface area contributed by atoms with Crippen LogP contribution < -0.4 is 22.3 Å². The molecule has 136 valence electrons. The zero-order valence-corrected chi connectivity index (χ0v) is 14.0. The Morgan fingerprint density at radius 3 is 2.22 bits per heavy atom. The lowest BCUT2D eigenvalue weighted by molar-refractivity contribution is -0.117. The van der Waals surface area contributed by atoms with E-state index in [2.05, 4.69) is 10.4 Å². The number of carbonyl (C=O) groups is 3. The van der Waals surface area contributed by atoms with Gasteiger partial charge in [0.2, 0.25) is 5.91 Å². The minimum absolute atomic E-state index is 0.115. The van der Waals surface area contributed by atoms with Crippen molar-refractivity contribution in [2.45, 2.75) is 6.54 Å². The highest BCUT2D eigenvalue weighted by molar-refractivity contribution is 6.04. The van der Waals surface area contributed by atoms with Crippen molar-refractivity contribution in [3.8, 4) is 0 Å². The molecule has 0 unspecified atom stereocenters. The normalized spacial score (nSPS) is 10.5. The van der Waals surface area contributed by atoms with Gasteiger partial charge in [-0.3, -0.25) is 19.2 Å². The number of rotatable bonds is 5. The molecule has 27 heavy (non-hydrogen) atoms. The van der Waals surface area contributed by atoms with Crippen LogP contribution in [0.1, 0.15) is 20.8 Å². The molecule has 1 heterocycles. The van der Waals surface area contributed by atoms with Gasteiger partial charge in [-0.05, 0) is 18.2 Å². The summed E-state index contributed by atoms with van der Waals surface area (Å²) >= 11 is 0. The molecule has 3 amide bonds. The van der Waals surface area contributed by atoms with Gasteiger partial charge in [0.15, 0.2) is 5.69 Å². The molecule has 0 saturated carbocycles. The van der Waals surface area contributed by atoms with Crippen molar-refractivity contribution in [2.24, 2.45) is 11.5 Å². The van der Waals surface area contributed by atoms with Gasteiger partial charge in [-0.1, -0.05) is 30.3 Å². The largest absolute Gasteiger partial charge is 0.366 e. The molecule has 1 aromatic heterocycles. The van der Waals surface area contributed by atoms with Crippen LogP contribution in [0.4, 0.5) is 5.69 Å². The molecule has 0 aliphatic rings. The fraction of sp³-hybridized carbons (Fsp3) is 0.0556. The van der Waals surface area contributed by atoms with E-state index in [9.17, 15) is 19.2 Å². The van der Waals surface area contributed by atoms with E-state index in [1.165, 1.54) is 18.2 Å². The van der Waals surface area contributed by atoms with Crippen molar-refractivity contribution in [1.29, 1.82) is 0 Å². The van der Waals surface area contributed by atoms with E-state index in [4.69, 9.17) is 11.5 Å². The van der Waals surface area contributed by atoms with Crippen LogP contribution in [0.25, 0.3) is 10.8 Å². The summed E-state index contributed by atoms with van der Waals surface area (Å²) in [5.74, 6) is -2.15. The molecule has 0 aliphatic heterocycles. The zero-order valence-electron chi connectivity index (χ0n) is 14.0.